The number of carbonyl (C=O) groups is 1. The fourth-order valence-electron chi connectivity index (χ4n) is 1.97. The van der Waals surface area contributed by atoms with E-state index in [1.165, 1.54) is 16.9 Å². The molecule has 1 N–H and O–H groups in total. The van der Waals surface area contributed by atoms with Crippen molar-refractivity contribution in [1.29, 1.82) is 0 Å². The highest BCUT2D eigenvalue weighted by Crippen LogP contribution is 2.24. The van der Waals surface area contributed by atoms with Crippen molar-refractivity contribution >= 4 is 11.6 Å². The van der Waals surface area contributed by atoms with Crippen LogP contribution in [0.4, 0.5) is 0 Å². The average Bonchev–Trinajstić information content (AvgIpc) is 2.96. The molecular weight excluding hydrogens is 222 g/mol. The molecule has 1 fully saturated rings. The summed E-state index contributed by atoms with van der Waals surface area (Å²) in [6.07, 6.45) is 3.77. The van der Waals surface area contributed by atoms with Crippen molar-refractivity contribution in [2.75, 3.05) is 13.2 Å². The Hall–Kier alpha value is -1.95. The molecule has 0 bridgehead atoms. The molecule has 0 aromatic carbocycles. The fourth-order valence-corrected chi connectivity index (χ4v) is 1.97. The summed E-state index contributed by atoms with van der Waals surface area (Å²) in [5, 5.41) is 13.2. The molecule has 1 aliphatic heterocycles. The van der Waals surface area contributed by atoms with Crippen LogP contribution < -0.4 is 0 Å². The molecule has 0 aliphatic carbocycles. The highest BCUT2D eigenvalue weighted by atomic mass is 16.5. The van der Waals surface area contributed by atoms with E-state index in [-0.39, 0.29) is 5.56 Å². The molecule has 1 unspecified atom stereocenters. The summed E-state index contributed by atoms with van der Waals surface area (Å²) in [7, 11) is 0. The van der Waals surface area contributed by atoms with Crippen molar-refractivity contribution in [2.45, 2.75) is 12.3 Å². The highest BCUT2D eigenvalue weighted by molar-refractivity contribution is 5.87. The Morgan fingerprint density at radius 2 is 2.47 bits per heavy atom. The van der Waals surface area contributed by atoms with E-state index in [2.05, 4.69) is 10.1 Å². The van der Waals surface area contributed by atoms with Gasteiger partial charge in [-0.3, -0.25) is 0 Å². The van der Waals surface area contributed by atoms with Crippen molar-refractivity contribution < 1.29 is 14.6 Å². The minimum atomic E-state index is -0.999. The van der Waals surface area contributed by atoms with Gasteiger partial charge in [-0.25, -0.2) is 14.3 Å². The summed E-state index contributed by atoms with van der Waals surface area (Å²) in [5.74, 6) is -0.703. The van der Waals surface area contributed by atoms with Gasteiger partial charge in [0.2, 0.25) is 0 Å². The van der Waals surface area contributed by atoms with Crippen LogP contribution in [0.5, 0.6) is 0 Å². The van der Waals surface area contributed by atoms with Crippen LogP contribution >= 0.6 is 0 Å². The lowest BCUT2D eigenvalue weighted by molar-refractivity contribution is 0.0695. The normalized spacial score (nSPS) is 19.9. The first kappa shape index (κ1) is 10.2. The lowest BCUT2D eigenvalue weighted by Crippen LogP contribution is -2.02. The maximum Gasteiger partial charge on any atom is 0.338 e. The van der Waals surface area contributed by atoms with Gasteiger partial charge in [0.05, 0.1) is 17.9 Å². The third-order valence-corrected chi connectivity index (χ3v) is 2.93. The van der Waals surface area contributed by atoms with E-state index in [0.29, 0.717) is 18.2 Å². The Morgan fingerprint density at radius 3 is 3.18 bits per heavy atom. The summed E-state index contributed by atoms with van der Waals surface area (Å²) in [5.41, 5.74) is 1.71. The molecule has 2 aromatic rings. The predicted octanol–water partition coefficient (Wildman–Crippen LogP) is 0.931. The van der Waals surface area contributed by atoms with Gasteiger partial charge in [-0.05, 0) is 6.42 Å². The molecule has 88 valence electrons. The van der Waals surface area contributed by atoms with Crippen LogP contribution in [0.3, 0.4) is 0 Å². The Balaban J connectivity index is 2.03. The molecular formula is C11H11N3O3. The molecule has 3 heterocycles. The summed E-state index contributed by atoms with van der Waals surface area (Å²) < 4.78 is 6.82. The summed E-state index contributed by atoms with van der Waals surface area (Å²) in [4.78, 5) is 14.9. The number of carboxylic acid groups (broad SMARTS) is 1. The summed E-state index contributed by atoms with van der Waals surface area (Å²) in [6.45, 7) is 1.43. The summed E-state index contributed by atoms with van der Waals surface area (Å²) >= 11 is 0. The maximum atomic E-state index is 10.8. The minimum Gasteiger partial charge on any atom is -0.478 e. The van der Waals surface area contributed by atoms with E-state index < -0.39 is 5.97 Å². The SMILES string of the molecule is O=C(O)c1cnc2cc(C3CCOC3)nn2c1. The number of aromatic nitrogens is 3. The third-order valence-electron chi connectivity index (χ3n) is 2.93. The minimum absolute atomic E-state index is 0.134. The van der Waals surface area contributed by atoms with Crippen LogP contribution in [0.1, 0.15) is 28.4 Å². The number of aromatic carboxylic acids is 1. The van der Waals surface area contributed by atoms with E-state index in [0.717, 1.165) is 18.7 Å². The topological polar surface area (TPSA) is 76.7 Å². The molecule has 3 rings (SSSR count). The molecule has 1 atom stereocenters. The zero-order valence-corrected chi connectivity index (χ0v) is 9.04. The molecule has 0 saturated carbocycles. The molecule has 0 amide bonds. The van der Waals surface area contributed by atoms with Gasteiger partial charge in [0.15, 0.2) is 5.65 Å². The van der Waals surface area contributed by atoms with E-state index in [9.17, 15) is 4.79 Å². The first-order valence-corrected chi connectivity index (χ1v) is 5.40. The lowest BCUT2D eigenvalue weighted by atomic mass is 10.1. The molecule has 0 radical (unpaired) electrons. The van der Waals surface area contributed by atoms with Gasteiger partial charge in [-0.1, -0.05) is 0 Å². The number of ether oxygens (including phenoxy) is 1. The zero-order valence-electron chi connectivity index (χ0n) is 9.04. The number of fused-ring (bicyclic) bond motifs is 1. The fraction of sp³-hybridized carbons (Fsp3) is 0.364. The molecule has 6 nitrogen and oxygen atoms in total. The highest BCUT2D eigenvalue weighted by Gasteiger charge is 2.21. The van der Waals surface area contributed by atoms with Crippen LogP contribution in [0.2, 0.25) is 0 Å². The zero-order chi connectivity index (χ0) is 11.8. The standard InChI is InChI=1S/C11H11N3O3/c15-11(16)8-4-12-10-3-9(13-14(10)5-8)7-1-2-17-6-7/h3-5,7H,1-2,6H2,(H,15,16). The predicted molar refractivity (Wildman–Crippen MR) is 58.1 cm³/mol. The van der Waals surface area contributed by atoms with Crippen LogP contribution in [0.25, 0.3) is 5.65 Å². The molecule has 1 aliphatic rings. The Labute approximate surface area is 96.8 Å². The van der Waals surface area contributed by atoms with E-state index in [1.807, 2.05) is 6.07 Å². The number of hydrogen-bond donors (Lipinski definition) is 1. The second-order valence-corrected chi connectivity index (χ2v) is 4.08. The van der Waals surface area contributed by atoms with Crippen molar-refractivity contribution in [3.8, 4) is 0 Å². The number of hydrogen-bond acceptors (Lipinski definition) is 4. The van der Waals surface area contributed by atoms with Crippen LogP contribution in [0.15, 0.2) is 18.5 Å². The lowest BCUT2D eigenvalue weighted by Gasteiger charge is -2.00. The van der Waals surface area contributed by atoms with Crippen LogP contribution in [-0.4, -0.2) is 38.9 Å². The summed E-state index contributed by atoms with van der Waals surface area (Å²) in [6, 6.07) is 1.88. The average molecular weight is 233 g/mol. The second-order valence-electron chi connectivity index (χ2n) is 4.08. The van der Waals surface area contributed by atoms with E-state index in [1.54, 1.807) is 0 Å². The number of rotatable bonds is 2. The maximum absolute atomic E-state index is 10.8. The smallest absolute Gasteiger partial charge is 0.338 e. The van der Waals surface area contributed by atoms with E-state index in [4.69, 9.17) is 9.84 Å². The van der Waals surface area contributed by atoms with Gasteiger partial charge in [0.1, 0.15) is 0 Å². The van der Waals surface area contributed by atoms with E-state index >= 15 is 0 Å². The second kappa shape index (κ2) is 3.81. The van der Waals surface area contributed by atoms with Crippen LogP contribution in [0, 0.1) is 0 Å². The monoisotopic (exact) mass is 233 g/mol. The number of carboxylic acids is 1. The van der Waals surface area contributed by atoms with Crippen LogP contribution in [-0.2, 0) is 4.74 Å². The van der Waals surface area contributed by atoms with Gasteiger partial charge >= 0.3 is 5.97 Å². The first-order valence-electron chi connectivity index (χ1n) is 5.40. The molecule has 1 saturated heterocycles. The Kier molecular flexibility index (Phi) is 2.29. The number of nitrogens with zero attached hydrogens (tertiary/aromatic N) is 3. The van der Waals surface area contributed by atoms with Crippen molar-refractivity contribution in [1.82, 2.24) is 14.6 Å². The van der Waals surface area contributed by atoms with Gasteiger partial charge in [0.25, 0.3) is 0 Å². The molecule has 0 spiro atoms. The van der Waals surface area contributed by atoms with Crippen molar-refractivity contribution in [3.63, 3.8) is 0 Å². The quantitative estimate of drug-likeness (QED) is 0.835. The third kappa shape index (κ3) is 1.76. The van der Waals surface area contributed by atoms with Gasteiger partial charge in [-0.15, -0.1) is 0 Å². The van der Waals surface area contributed by atoms with Gasteiger partial charge < -0.3 is 9.84 Å². The Bertz CT molecular complexity index is 572. The van der Waals surface area contributed by atoms with Crippen molar-refractivity contribution in [3.05, 3.63) is 29.7 Å². The van der Waals surface area contributed by atoms with Gasteiger partial charge in [-0.2, -0.15) is 5.10 Å². The van der Waals surface area contributed by atoms with Crippen molar-refractivity contribution in [2.24, 2.45) is 0 Å². The molecule has 6 heteroatoms. The largest absolute Gasteiger partial charge is 0.478 e. The molecule has 17 heavy (non-hydrogen) atoms. The molecule has 2 aromatic heterocycles. The van der Waals surface area contributed by atoms with Gasteiger partial charge in [0, 0.05) is 31.0 Å². The first-order chi connectivity index (χ1) is 8.24. The Morgan fingerprint density at radius 1 is 1.59 bits per heavy atom.